The maximum atomic E-state index is 10.4. The Kier molecular flexibility index (Phi) is 4.47. The highest BCUT2D eigenvalue weighted by Gasteiger charge is 2.61. The van der Waals surface area contributed by atoms with Crippen molar-refractivity contribution in [1.82, 2.24) is 19.5 Å². The summed E-state index contributed by atoms with van der Waals surface area (Å²) in [5, 5.41) is 23.4. The van der Waals surface area contributed by atoms with E-state index in [1.54, 1.807) is 10.9 Å². The zero-order valence-corrected chi connectivity index (χ0v) is 16.9. The smallest absolute Gasteiger partial charge is 0.167 e. The van der Waals surface area contributed by atoms with Gasteiger partial charge in [0.25, 0.3) is 0 Å². The summed E-state index contributed by atoms with van der Waals surface area (Å²) >= 11 is 2.28. The lowest BCUT2D eigenvalue weighted by molar-refractivity contribution is -0.185. The molecule has 0 unspecified atom stereocenters. The summed E-state index contributed by atoms with van der Waals surface area (Å²) in [7, 11) is 0. The number of rotatable bonds is 5. The van der Waals surface area contributed by atoms with Crippen molar-refractivity contribution < 1.29 is 19.7 Å². The number of hydrogen-bond acceptors (Lipinski definition) is 8. The Balaban J connectivity index is 1.43. The fourth-order valence-electron chi connectivity index (χ4n) is 3.75. The largest absolute Gasteiger partial charge is 0.393 e. The molecule has 10 heteroatoms. The maximum Gasteiger partial charge on any atom is 0.167 e. The Labute approximate surface area is 173 Å². The highest BCUT2D eigenvalue weighted by molar-refractivity contribution is 14.1. The lowest BCUT2D eigenvalue weighted by atomic mass is 10.0. The number of aliphatic hydroxyl groups excluding tert-OH is 2. The molecule has 5 rings (SSSR count). The van der Waals surface area contributed by atoms with E-state index in [0.29, 0.717) is 23.5 Å². The molecule has 3 aromatic rings. The number of nitrogens with zero attached hydrogens (tertiary/aromatic N) is 4. The van der Waals surface area contributed by atoms with Crippen LogP contribution < -0.4 is 5.32 Å². The lowest BCUT2D eigenvalue weighted by Crippen LogP contribution is -2.44. The van der Waals surface area contributed by atoms with Crippen LogP contribution in [0.25, 0.3) is 11.2 Å². The first-order chi connectivity index (χ1) is 13.6. The molecule has 28 heavy (non-hydrogen) atoms. The minimum absolute atomic E-state index is 0.163. The van der Waals surface area contributed by atoms with E-state index < -0.39 is 24.0 Å². The fraction of sp³-hybridized carbons (Fsp3) is 0.389. The van der Waals surface area contributed by atoms with E-state index in [-0.39, 0.29) is 13.2 Å². The molecule has 0 aliphatic carbocycles. The lowest BCUT2D eigenvalue weighted by Gasteiger charge is -2.29. The van der Waals surface area contributed by atoms with Crippen LogP contribution in [0.15, 0.2) is 36.9 Å². The molecule has 9 nitrogen and oxygen atoms in total. The SMILES string of the molecule is OC[C@]12CO[C@@H]([C@H](n3cnc4c(NCc5cccc(I)c5)ncnc43)O1)[C@@H]2O. The van der Waals surface area contributed by atoms with E-state index in [9.17, 15) is 10.2 Å². The molecule has 146 valence electrons. The number of imidazole rings is 1. The van der Waals surface area contributed by atoms with E-state index in [0.717, 1.165) is 5.56 Å². The average Bonchev–Trinajstić information content (AvgIpc) is 3.36. The van der Waals surface area contributed by atoms with Crippen LogP contribution in [0, 0.1) is 3.57 Å². The molecular formula is C18H18IN5O4. The second-order valence-corrected chi connectivity index (χ2v) is 8.23. The standard InChI is InChI=1S/C18H18IN5O4/c19-11-3-1-2-10(4-11)5-20-15-12-16(22-8-21-15)24(9-23-12)17-13-14(26)18(6-25,28-17)7-27-13/h1-4,8-9,13-14,17,25-26H,5-7H2,(H,20,21,22)/t13-,14+,17-,18-/m1/s1. The number of hydrogen-bond donors (Lipinski definition) is 3. The van der Waals surface area contributed by atoms with Gasteiger partial charge in [-0.15, -0.1) is 0 Å². The van der Waals surface area contributed by atoms with Crippen molar-refractivity contribution in [2.24, 2.45) is 0 Å². The first-order valence-corrected chi connectivity index (χ1v) is 9.93. The molecule has 3 N–H and O–H groups in total. The zero-order valence-electron chi connectivity index (χ0n) is 14.7. The molecule has 0 spiro atoms. The highest BCUT2D eigenvalue weighted by Crippen LogP contribution is 2.45. The molecule has 4 heterocycles. The van der Waals surface area contributed by atoms with Crippen LogP contribution in [0.5, 0.6) is 0 Å². The van der Waals surface area contributed by atoms with Gasteiger partial charge in [-0.25, -0.2) is 15.0 Å². The summed E-state index contributed by atoms with van der Waals surface area (Å²) in [6, 6.07) is 8.19. The van der Waals surface area contributed by atoms with Gasteiger partial charge in [0.2, 0.25) is 0 Å². The van der Waals surface area contributed by atoms with Gasteiger partial charge >= 0.3 is 0 Å². The number of aromatic nitrogens is 4. The predicted octanol–water partition coefficient (Wildman–Crippen LogP) is 1.06. The van der Waals surface area contributed by atoms with Crippen molar-refractivity contribution in [2.45, 2.75) is 30.6 Å². The zero-order chi connectivity index (χ0) is 19.3. The van der Waals surface area contributed by atoms with Crippen LogP contribution in [0.3, 0.4) is 0 Å². The quantitative estimate of drug-likeness (QED) is 0.451. The summed E-state index contributed by atoms with van der Waals surface area (Å²) in [5.41, 5.74) is 1.22. The number of ether oxygens (including phenoxy) is 2. The molecule has 0 radical (unpaired) electrons. The van der Waals surface area contributed by atoms with Gasteiger partial charge in [-0.1, -0.05) is 12.1 Å². The molecule has 2 saturated heterocycles. The first kappa shape index (κ1) is 18.2. The van der Waals surface area contributed by atoms with Gasteiger partial charge in [-0.3, -0.25) is 4.57 Å². The summed E-state index contributed by atoms with van der Waals surface area (Å²) in [4.78, 5) is 13.1. The van der Waals surface area contributed by atoms with Crippen LogP contribution in [-0.4, -0.2) is 60.8 Å². The van der Waals surface area contributed by atoms with Gasteiger partial charge in [-0.05, 0) is 40.3 Å². The molecule has 2 bridgehead atoms. The number of halogens is 1. The Hall–Kier alpha value is -1.86. The van der Waals surface area contributed by atoms with Gasteiger partial charge in [0, 0.05) is 10.1 Å². The first-order valence-electron chi connectivity index (χ1n) is 8.85. The molecule has 2 fully saturated rings. The number of anilines is 1. The van der Waals surface area contributed by atoms with Crippen LogP contribution in [0.1, 0.15) is 11.8 Å². The molecule has 0 saturated carbocycles. The van der Waals surface area contributed by atoms with Crippen LogP contribution in [0.4, 0.5) is 5.82 Å². The number of benzene rings is 1. The van der Waals surface area contributed by atoms with Crippen molar-refractivity contribution in [3.8, 4) is 0 Å². The molecule has 2 aromatic heterocycles. The Morgan fingerprint density at radius 3 is 3.00 bits per heavy atom. The fourth-order valence-corrected chi connectivity index (χ4v) is 4.36. The van der Waals surface area contributed by atoms with Crippen molar-refractivity contribution in [3.05, 3.63) is 46.1 Å². The van der Waals surface area contributed by atoms with Crippen molar-refractivity contribution in [3.63, 3.8) is 0 Å². The van der Waals surface area contributed by atoms with E-state index in [1.807, 2.05) is 18.2 Å². The summed E-state index contributed by atoms with van der Waals surface area (Å²) in [6.07, 6.45) is 0.966. The second kappa shape index (κ2) is 6.88. The Bertz CT molecular complexity index is 1030. The topological polar surface area (TPSA) is 115 Å². The summed E-state index contributed by atoms with van der Waals surface area (Å²) < 4.78 is 14.5. The van der Waals surface area contributed by atoms with E-state index in [4.69, 9.17) is 9.47 Å². The summed E-state index contributed by atoms with van der Waals surface area (Å²) in [5.74, 6) is 0.615. The second-order valence-electron chi connectivity index (χ2n) is 6.98. The van der Waals surface area contributed by atoms with E-state index in [2.05, 4.69) is 48.9 Å². The molecule has 2 aliphatic heterocycles. The maximum absolute atomic E-state index is 10.4. The van der Waals surface area contributed by atoms with Crippen molar-refractivity contribution in [2.75, 3.05) is 18.5 Å². The third-order valence-corrected chi connectivity index (χ3v) is 5.93. The van der Waals surface area contributed by atoms with Crippen LogP contribution in [0.2, 0.25) is 0 Å². The molecule has 0 amide bonds. The summed E-state index contributed by atoms with van der Waals surface area (Å²) in [6.45, 7) is 0.454. The van der Waals surface area contributed by atoms with Gasteiger partial charge in [0.15, 0.2) is 23.2 Å². The van der Waals surface area contributed by atoms with Crippen LogP contribution >= 0.6 is 22.6 Å². The molecule has 2 aliphatic rings. The highest BCUT2D eigenvalue weighted by atomic mass is 127. The third kappa shape index (κ3) is 2.78. The van der Waals surface area contributed by atoms with Gasteiger partial charge < -0.3 is 25.0 Å². The average molecular weight is 495 g/mol. The van der Waals surface area contributed by atoms with Crippen molar-refractivity contribution >= 4 is 39.6 Å². The molecular weight excluding hydrogens is 477 g/mol. The van der Waals surface area contributed by atoms with Gasteiger partial charge in [0.05, 0.1) is 19.5 Å². The Morgan fingerprint density at radius 1 is 1.32 bits per heavy atom. The van der Waals surface area contributed by atoms with E-state index in [1.165, 1.54) is 9.90 Å². The minimum atomic E-state index is -1.09. The van der Waals surface area contributed by atoms with Crippen molar-refractivity contribution in [1.29, 1.82) is 0 Å². The van der Waals surface area contributed by atoms with Crippen LogP contribution in [-0.2, 0) is 16.0 Å². The van der Waals surface area contributed by atoms with Gasteiger partial charge in [0.1, 0.15) is 24.1 Å². The van der Waals surface area contributed by atoms with E-state index >= 15 is 0 Å². The monoisotopic (exact) mass is 495 g/mol. The normalized spacial score (nSPS) is 28.9. The number of nitrogens with one attached hydrogen (secondary N) is 1. The molecule has 4 atom stereocenters. The number of aliphatic hydroxyl groups is 2. The number of fused-ring (bicyclic) bond motifs is 3. The molecule has 1 aromatic carbocycles. The third-order valence-electron chi connectivity index (χ3n) is 5.26. The minimum Gasteiger partial charge on any atom is -0.393 e. The predicted molar refractivity (Wildman–Crippen MR) is 107 cm³/mol. The Morgan fingerprint density at radius 2 is 2.21 bits per heavy atom. The van der Waals surface area contributed by atoms with Gasteiger partial charge in [-0.2, -0.15) is 0 Å².